The number of likely N-dealkylation sites (tertiary alicyclic amines) is 1. The Morgan fingerprint density at radius 3 is 2.25 bits per heavy atom. The Morgan fingerprint density at radius 1 is 1.11 bits per heavy atom. The summed E-state index contributed by atoms with van der Waals surface area (Å²) in [5.41, 5.74) is 3.60. The SMILES string of the molecule is Cc1cc(CN(C2CCC2)[C@H](C)c2ccc(Cl)cc2)ccc1OCCN1C(=O)CCC1=O.O=C(O)O. The van der Waals surface area contributed by atoms with Crippen LogP contribution in [0.25, 0.3) is 0 Å². The Balaban J connectivity index is 0.000000840. The predicted octanol–water partition coefficient (Wildman–Crippen LogP) is 5.51. The number of amides is 2. The summed E-state index contributed by atoms with van der Waals surface area (Å²) >= 11 is 6.08. The van der Waals surface area contributed by atoms with Gasteiger partial charge in [-0.1, -0.05) is 42.3 Å². The van der Waals surface area contributed by atoms with E-state index in [1.807, 2.05) is 25.1 Å². The van der Waals surface area contributed by atoms with Gasteiger partial charge < -0.3 is 14.9 Å². The van der Waals surface area contributed by atoms with Gasteiger partial charge in [-0.25, -0.2) is 4.79 Å². The van der Waals surface area contributed by atoms with E-state index in [0.29, 0.717) is 38.1 Å². The van der Waals surface area contributed by atoms with E-state index in [4.69, 9.17) is 31.3 Å². The van der Waals surface area contributed by atoms with Gasteiger partial charge in [0.15, 0.2) is 0 Å². The van der Waals surface area contributed by atoms with Crippen LogP contribution >= 0.6 is 11.6 Å². The van der Waals surface area contributed by atoms with E-state index in [1.54, 1.807) is 0 Å². The van der Waals surface area contributed by atoms with E-state index in [0.717, 1.165) is 22.9 Å². The second-order valence-electron chi connectivity index (χ2n) is 9.15. The van der Waals surface area contributed by atoms with Gasteiger partial charge in [0.05, 0.1) is 6.54 Å². The molecular formula is C27H33ClN2O6. The number of carboxylic acid groups (broad SMARTS) is 2. The van der Waals surface area contributed by atoms with Crippen molar-refractivity contribution >= 4 is 29.6 Å². The molecule has 2 aromatic rings. The molecule has 194 valence electrons. The molecule has 1 saturated carbocycles. The van der Waals surface area contributed by atoms with Crippen LogP contribution in [0.15, 0.2) is 42.5 Å². The van der Waals surface area contributed by atoms with Crippen LogP contribution in [-0.2, 0) is 16.1 Å². The Kier molecular flexibility index (Phi) is 9.73. The summed E-state index contributed by atoms with van der Waals surface area (Å²) < 4.78 is 5.89. The van der Waals surface area contributed by atoms with Crippen LogP contribution in [0.5, 0.6) is 5.75 Å². The first-order valence-corrected chi connectivity index (χ1v) is 12.5. The Hall–Kier alpha value is -3.10. The molecule has 0 aromatic heterocycles. The number of imide groups is 1. The summed E-state index contributed by atoms with van der Waals surface area (Å²) in [6, 6.07) is 15.4. The van der Waals surface area contributed by atoms with E-state index in [2.05, 4.69) is 36.1 Å². The van der Waals surface area contributed by atoms with Gasteiger partial charge in [0.2, 0.25) is 11.8 Å². The summed E-state index contributed by atoms with van der Waals surface area (Å²) in [7, 11) is 0. The largest absolute Gasteiger partial charge is 0.503 e. The maximum Gasteiger partial charge on any atom is 0.503 e. The average Bonchev–Trinajstić information content (AvgIpc) is 3.10. The standard InChI is InChI=1S/C26H31ClN2O3.CH2O3/c1-18-16-20(6-11-24(18)32-15-14-28-25(30)12-13-26(28)31)17-29(23-4-3-5-23)19(2)21-7-9-22(27)10-8-21;2-1(3)4/h6-11,16,19,23H,3-5,12-15,17H2,1-2H3;(H2,2,3,4)/t19-;/m1./s1. The fourth-order valence-corrected chi connectivity index (χ4v) is 4.66. The van der Waals surface area contributed by atoms with Crippen molar-refractivity contribution in [2.24, 2.45) is 0 Å². The maximum absolute atomic E-state index is 11.7. The molecule has 2 aliphatic rings. The van der Waals surface area contributed by atoms with Crippen molar-refractivity contribution in [2.45, 2.75) is 64.6 Å². The zero-order valence-corrected chi connectivity index (χ0v) is 21.4. The normalized spacial score (nSPS) is 16.4. The molecule has 1 heterocycles. The lowest BCUT2D eigenvalue weighted by atomic mass is 9.89. The quantitative estimate of drug-likeness (QED) is 0.423. The number of benzene rings is 2. The van der Waals surface area contributed by atoms with Gasteiger partial charge in [-0.15, -0.1) is 0 Å². The van der Waals surface area contributed by atoms with Gasteiger partial charge in [0.25, 0.3) is 0 Å². The molecule has 2 N–H and O–H groups in total. The molecule has 1 atom stereocenters. The van der Waals surface area contributed by atoms with Crippen LogP contribution in [-0.4, -0.2) is 57.2 Å². The van der Waals surface area contributed by atoms with Crippen LogP contribution < -0.4 is 4.74 Å². The van der Waals surface area contributed by atoms with E-state index >= 15 is 0 Å². The lowest BCUT2D eigenvalue weighted by Crippen LogP contribution is -2.41. The zero-order chi connectivity index (χ0) is 26.2. The topological polar surface area (TPSA) is 107 Å². The summed E-state index contributed by atoms with van der Waals surface area (Å²) in [5, 5.41) is 14.7. The minimum atomic E-state index is -1.83. The Labute approximate surface area is 216 Å². The van der Waals surface area contributed by atoms with Crippen LogP contribution in [0.3, 0.4) is 0 Å². The molecule has 1 saturated heterocycles. The molecule has 0 unspecified atom stereocenters. The molecule has 9 heteroatoms. The van der Waals surface area contributed by atoms with Crippen molar-refractivity contribution in [3.8, 4) is 5.75 Å². The molecule has 0 radical (unpaired) electrons. The monoisotopic (exact) mass is 516 g/mol. The fourth-order valence-electron chi connectivity index (χ4n) is 4.54. The van der Waals surface area contributed by atoms with Gasteiger partial charge in [-0.05, 0) is 61.6 Å². The number of nitrogens with zero attached hydrogens (tertiary/aromatic N) is 2. The van der Waals surface area contributed by atoms with Gasteiger partial charge in [0.1, 0.15) is 12.4 Å². The lowest BCUT2D eigenvalue weighted by molar-refractivity contribution is -0.138. The number of ether oxygens (including phenoxy) is 1. The second-order valence-corrected chi connectivity index (χ2v) is 9.59. The fraction of sp³-hybridized carbons (Fsp3) is 0.444. The second kappa shape index (κ2) is 12.7. The number of carbonyl (C=O) groups excluding carboxylic acids is 2. The van der Waals surface area contributed by atoms with Crippen molar-refractivity contribution in [1.29, 1.82) is 0 Å². The van der Waals surface area contributed by atoms with Crippen molar-refractivity contribution in [3.63, 3.8) is 0 Å². The Bertz CT molecular complexity index is 1050. The molecule has 36 heavy (non-hydrogen) atoms. The smallest absolute Gasteiger partial charge is 0.491 e. The molecule has 1 aliphatic heterocycles. The number of rotatable bonds is 9. The molecule has 1 aliphatic carbocycles. The van der Waals surface area contributed by atoms with E-state index in [1.165, 1.54) is 35.3 Å². The van der Waals surface area contributed by atoms with E-state index < -0.39 is 6.16 Å². The third-order valence-electron chi connectivity index (χ3n) is 6.73. The van der Waals surface area contributed by atoms with Crippen molar-refractivity contribution < 1.29 is 29.3 Å². The molecule has 8 nitrogen and oxygen atoms in total. The zero-order valence-electron chi connectivity index (χ0n) is 20.7. The summed E-state index contributed by atoms with van der Waals surface area (Å²) in [5.74, 6) is 0.599. The van der Waals surface area contributed by atoms with Crippen LogP contribution in [0.4, 0.5) is 4.79 Å². The third kappa shape index (κ3) is 7.45. The first-order valence-electron chi connectivity index (χ1n) is 12.1. The minimum Gasteiger partial charge on any atom is -0.491 e. The molecule has 0 bridgehead atoms. The highest BCUT2D eigenvalue weighted by molar-refractivity contribution is 6.30. The van der Waals surface area contributed by atoms with Crippen LogP contribution in [0.1, 0.15) is 61.8 Å². The first kappa shape index (κ1) is 27.5. The van der Waals surface area contributed by atoms with Crippen LogP contribution in [0.2, 0.25) is 5.02 Å². The number of hydrogen-bond donors (Lipinski definition) is 2. The highest BCUT2D eigenvalue weighted by Crippen LogP contribution is 2.34. The summed E-state index contributed by atoms with van der Waals surface area (Å²) in [4.78, 5) is 35.9. The minimum absolute atomic E-state index is 0.100. The van der Waals surface area contributed by atoms with Crippen molar-refractivity contribution in [3.05, 3.63) is 64.2 Å². The van der Waals surface area contributed by atoms with Gasteiger partial charge >= 0.3 is 6.16 Å². The average molecular weight is 517 g/mol. The molecular weight excluding hydrogens is 484 g/mol. The molecule has 2 amide bonds. The summed E-state index contributed by atoms with van der Waals surface area (Å²) in [6.45, 7) is 5.83. The van der Waals surface area contributed by atoms with Gasteiger partial charge in [-0.2, -0.15) is 0 Å². The predicted molar refractivity (Wildman–Crippen MR) is 136 cm³/mol. The van der Waals surface area contributed by atoms with E-state index in [9.17, 15) is 9.59 Å². The van der Waals surface area contributed by atoms with Crippen LogP contribution in [0, 0.1) is 6.92 Å². The number of carbonyl (C=O) groups is 3. The van der Waals surface area contributed by atoms with Gasteiger partial charge in [-0.3, -0.25) is 19.4 Å². The third-order valence-corrected chi connectivity index (χ3v) is 6.98. The number of hydrogen-bond acceptors (Lipinski definition) is 5. The highest BCUT2D eigenvalue weighted by atomic mass is 35.5. The van der Waals surface area contributed by atoms with Crippen molar-refractivity contribution in [2.75, 3.05) is 13.2 Å². The van der Waals surface area contributed by atoms with Crippen molar-refractivity contribution in [1.82, 2.24) is 9.80 Å². The van der Waals surface area contributed by atoms with E-state index in [-0.39, 0.29) is 11.8 Å². The number of halogens is 1. The molecule has 2 fully saturated rings. The first-order chi connectivity index (χ1) is 17.2. The number of aryl methyl sites for hydroxylation is 1. The Morgan fingerprint density at radius 2 is 1.72 bits per heavy atom. The lowest BCUT2D eigenvalue weighted by Gasteiger charge is -2.41. The molecule has 4 rings (SSSR count). The maximum atomic E-state index is 11.7. The molecule has 2 aromatic carbocycles. The highest BCUT2D eigenvalue weighted by Gasteiger charge is 2.30. The molecule has 0 spiro atoms. The van der Waals surface area contributed by atoms with Gasteiger partial charge in [0, 0.05) is 36.5 Å². The summed E-state index contributed by atoms with van der Waals surface area (Å²) in [6.07, 6.45) is 2.58.